The third-order valence-electron chi connectivity index (χ3n) is 8.19. The van der Waals surface area contributed by atoms with Gasteiger partial charge in [-0.2, -0.15) is 4.98 Å². The standard InChI is InChI=1S/C41H43N3O10/c1-47-34-16-8-30(9-17-34)24-43(25-31-10-18-35(48-2)19-11-31)40(46)53-29-52-38-6-5-7-39(42-38)54-41(51-28-45)44(26-32-12-20-36(49-3)21-13-32)27-33-14-22-37(50-4)23-15-33/h5-23,28,41H,24-27,29H2,1-4H3. The van der Waals surface area contributed by atoms with Gasteiger partial charge in [-0.25, -0.2) is 9.69 Å². The summed E-state index contributed by atoms with van der Waals surface area (Å²) in [7, 11) is 6.40. The number of carbonyl (C=O) groups is 2. The molecule has 4 aromatic carbocycles. The van der Waals surface area contributed by atoms with Crippen LogP contribution in [0.3, 0.4) is 0 Å². The zero-order chi connectivity index (χ0) is 38.1. The molecule has 0 spiro atoms. The molecular weight excluding hydrogens is 694 g/mol. The lowest BCUT2D eigenvalue weighted by atomic mass is 10.1. The SMILES string of the molecule is COc1ccc(CN(Cc2ccc(OC)cc2)C(=O)OCOc2cccc(OC(OC=O)N(Cc3ccc(OC)cc3)Cc3ccc(OC)cc3)n2)cc1. The Hall–Kier alpha value is -6.47. The number of pyridine rings is 1. The van der Waals surface area contributed by atoms with E-state index >= 15 is 0 Å². The summed E-state index contributed by atoms with van der Waals surface area (Å²) >= 11 is 0. The summed E-state index contributed by atoms with van der Waals surface area (Å²) in [4.78, 5) is 32.9. The highest BCUT2D eigenvalue weighted by molar-refractivity contribution is 5.67. The number of amides is 1. The third kappa shape index (κ3) is 11.5. The van der Waals surface area contributed by atoms with Gasteiger partial charge in [0.25, 0.3) is 6.47 Å². The number of hydrogen-bond acceptors (Lipinski definition) is 12. The molecule has 0 bridgehead atoms. The molecule has 0 aliphatic rings. The van der Waals surface area contributed by atoms with Gasteiger partial charge in [0.2, 0.25) is 18.6 Å². The zero-order valence-corrected chi connectivity index (χ0v) is 30.6. The van der Waals surface area contributed by atoms with E-state index in [0.29, 0.717) is 42.6 Å². The molecule has 54 heavy (non-hydrogen) atoms. The first-order chi connectivity index (χ1) is 26.4. The Labute approximate surface area is 314 Å². The van der Waals surface area contributed by atoms with Crippen molar-refractivity contribution >= 4 is 12.6 Å². The van der Waals surface area contributed by atoms with E-state index in [1.165, 1.54) is 0 Å². The van der Waals surface area contributed by atoms with Gasteiger partial charge in [-0.05, 0) is 70.8 Å². The van der Waals surface area contributed by atoms with Crippen LogP contribution in [0.25, 0.3) is 0 Å². The van der Waals surface area contributed by atoms with Crippen molar-refractivity contribution in [3.8, 4) is 34.8 Å². The molecule has 0 radical (unpaired) electrons. The highest BCUT2D eigenvalue weighted by Gasteiger charge is 2.24. The smallest absolute Gasteiger partial charge is 0.413 e. The van der Waals surface area contributed by atoms with Gasteiger partial charge in [-0.1, -0.05) is 54.6 Å². The average molecular weight is 738 g/mol. The molecule has 13 heteroatoms. The van der Waals surface area contributed by atoms with Crippen molar-refractivity contribution in [1.82, 2.24) is 14.8 Å². The largest absolute Gasteiger partial charge is 0.497 e. The van der Waals surface area contributed by atoms with Crippen LogP contribution in [-0.4, -0.2) is 69.0 Å². The van der Waals surface area contributed by atoms with Crippen LogP contribution in [0.1, 0.15) is 22.3 Å². The highest BCUT2D eigenvalue weighted by Crippen LogP contribution is 2.23. The molecule has 5 rings (SSSR count). The number of rotatable bonds is 20. The maximum absolute atomic E-state index is 13.4. The van der Waals surface area contributed by atoms with E-state index in [9.17, 15) is 9.59 Å². The molecule has 1 amide bonds. The van der Waals surface area contributed by atoms with Crippen LogP contribution in [0, 0.1) is 0 Å². The van der Waals surface area contributed by atoms with Gasteiger partial charge in [-0.3, -0.25) is 9.69 Å². The Bertz CT molecular complexity index is 1790. The lowest BCUT2D eigenvalue weighted by molar-refractivity contribution is -0.185. The van der Waals surface area contributed by atoms with Crippen LogP contribution < -0.4 is 28.4 Å². The van der Waals surface area contributed by atoms with E-state index in [2.05, 4.69) is 4.98 Å². The van der Waals surface area contributed by atoms with Crippen molar-refractivity contribution < 1.29 is 47.5 Å². The molecule has 0 N–H and O–H groups in total. The molecule has 13 nitrogen and oxygen atoms in total. The van der Waals surface area contributed by atoms with Crippen molar-refractivity contribution in [3.05, 3.63) is 138 Å². The van der Waals surface area contributed by atoms with Crippen LogP contribution in [-0.2, 0) is 40.4 Å². The van der Waals surface area contributed by atoms with Crippen LogP contribution in [0.5, 0.6) is 34.8 Å². The molecule has 282 valence electrons. The molecule has 1 unspecified atom stereocenters. The molecular formula is C41H43N3O10. The number of aromatic nitrogens is 1. The second-order valence-electron chi connectivity index (χ2n) is 11.8. The Morgan fingerprint density at radius 1 is 0.593 bits per heavy atom. The van der Waals surface area contributed by atoms with Crippen LogP contribution in [0.2, 0.25) is 0 Å². The number of benzene rings is 4. The van der Waals surface area contributed by atoms with E-state index in [1.807, 2.05) is 102 Å². The summed E-state index contributed by atoms with van der Waals surface area (Å²) in [6.07, 6.45) is -1.77. The Morgan fingerprint density at radius 3 is 1.41 bits per heavy atom. The van der Waals surface area contributed by atoms with Crippen molar-refractivity contribution in [2.45, 2.75) is 32.6 Å². The fraction of sp³-hybridized carbons (Fsp3) is 0.244. The molecule has 0 aliphatic carbocycles. The van der Waals surface area contributed by atoms with Gasteiger partial charge < -0.3 is 37.9 Å². The summed E-state index contributed by atoms with van der Waals surface area (Å²) in [5.41, 5.74) is 3.61. The van der Waals surface area contributed by atoms with Crippen LogP contribution >= 0.6 is 0 Å². The summed E-state index contributed by atoms with van der Waals surface area (Å²) < 4.78 is 44.0. The van der Waals surface area contributed by atoms with E-state index in [0.717, 1.165) is 22.3 Å². The number of methoxy groups -OCH3 is 4. The van der Waals surface area contributed by atoms with Gasteiger partial charge in [0.15, 0.2) is 0 Å². The van der Waals surface area contributed by atoms with Crippen molar-refractivity contribution in [2.24, 2.45) is 0 Å². The first-order valence-corrected chi connectivity index (χ1v) is 16.9. The fourth-order valence-electron chi connectivity index (χ4n) is 5.34. The Morgan fingerprint density at radius 2 is 1.00 bits per heavy atom. The average Bonchev–Trinajstić information content (AvgIpc) is 3.21. The maximum atomic E-state index is 13.4. The maximum Gasteiger partial charge on any atom is 0.413 e. The van der Waals surface area contributed by atoms with Crippen LogP contribution in [0.4, 0.5) is 4.79 Å². The van der Waals surface area contributed by atoms with E-state index in [4.69, 9.17) is 37.9 Å². The van der Waals surface area contributed by atoms with Gasteiger partial charge in [0, 0.05) is 38.3 Å². The molecule has 0 saturated heterocycles. The summed E-state index contributed by atoms with van der Waals surface area (Å²) in [6, 6.07) is 34.8. The minimum atomic E-state index is -1.17. The van der Waals surface area contributed by atoms with Gasteiger partial charge in [-0.15, -0.1) is 0 Å². The molecule has 5 aromatic rings. The lowest BCUT2D eigenvalue weighted by Crippen LogP contribution is -2.40. The van der Waals surface area contributed by atoms with E-state index in [-0.39, 0.29) is 24.8 Å². The number of nitrogens with zero attached hydrogens (tertiary/aromatic N) is 3. The normalized spacial score (nSPS) is 11.2. The summed E-state index contributed by atoms with van der Waals surface area (Å²) in [5.74, 6) is 3.08. The molecule has 1 aromatic heterocycles. The minimum absolute atomic E-state index is 0.112. The monoisotopic (exact) mass is 737 g/mol. The predicted octanol–water partition coefficient (Wildman–Crippen LogP) is 6.83. The van der Waals surface area contributed by atoms with Crippen LogP contribution in [0.15, 0.2) is 115 Å². The second-order valence-corrected chi connectivity index (χ2v) is 11.8. The molecule has 1 atom stereocenters. The summed E-state index contributed by atoms with van der Waals surface area (Å²) in [5, 5.41) is 0. The van der Waals surface area contributed by atoms with Gasteiger partial charge in [0.1, 0.15) is 23.0 Å². The van der Waals surface area contributed by atoms with Crippen molar-refractivity contribution in [2.75, 3.05) is 35.2 Å². The van der Waals surface area contributed by atoms with E-state index < -0.39 is 19.3 Å². The van der Waals surface area contributed by atoms with E-state index in [1.54, 1.807) is 51.5 Å². The highest BCUT2D eigenvalue weighted by atomic mass is 16.7. The Kier molecular flexibility index (Phi) is 14.3. The quantitative estimate of drug-likeness (QED) is 0.0614. The number of hydrogen-bond donors (Lipinski definition) is 0. The zero-order valence-electron chi connectivity index (χ0n) is 30.6. The molecule has 1 heterocycles. The first kappa shape index (κ1) is 38.8. The fourth-order valence-corrected chi connectivity index (χ4v) is 5.34. The first-order valence-electron chi connectivity index (χ1n) is 16.9. The molecule has 0 aliphatic heterocycles. The summed E-state index contributed by atoms with van der Waals surface area (Å²) in [6.45, 7) is 1.15. The molecule has 0 saturated carbocycles. The lowest BCUT2D eigenvalue weighted by Gasteiger charge is -2.29. The third-order valence-corrected chi connectivity index (χ3v) is 8.19. The number of carbonyl (C=O) groups excluding carboxylic acids is 2. The predicted molar refractivity (Wildman–Crippen MR) is 198 cm³/mol. The van der Waals surface area contributed by atoms with Gasteiger partial charge >= 0.3 is 12.5 Å². The number of ether oxygens (including phenoxy) is 8. The van der Waals surface area contributed by atoms with Gasteiger partial charge in [0.05, 0.1) is 28.4 Å². The minimum Gasteiger partial charge on any atom is -0.497 e. The molecule has 0 fully saturated rings. The van der Waals surface area contributed by atoms with Crippen molar-refractivity contribution in [1.29, 1.82) is 0 Å². The topological polar surface area (TPSA) is 127 Å². The second kappa shape index (κ2) is 20.0. The van der Waals surface area contributed by atoms with Crippen molar-refractivity contribution in [3.63, 3.8) is 0 Å². The Balaban J connectivity index is 1.26.